The molecular formula is C12H16N2O2. The van der Waals surface area contributed by atoms with Crippen molar-refractivity contribution in [3.8, 4) is 0 Å². The van der Waals surface area contributed by atoms with Crippen molar-refractivity contribution in [3.63, 3.8) is 0 Å². The molecule has 0 saturated carbocycles. The highest BCUT2D eigenvalue weighted by Gasteiger charge is 2.18. The monoisotopic (exact) mass is 220 g/mol. The van der Waals surface area contributed by atoms with Gasteiger partial charge in [0, 0.05) is 5.69 Å². The summed E-state index contributed by atoms with van der Waals surface area (Å²) in [4.78, 5) is 22.5. The number of amides is 1. The Balaban J connectivity index is 2.81. The average Bonchev–Trinajstić information content (AvgIpc) is 2.20. The highest BCUT2D eigenvalue weighted by molar-refractivity contribution is 6.10. The Hall–Kier alpha value is -1.68. The van der Waals surface area contributed by atoms with Crippen LogP contribution < -0.4 is 11.1 Å². The fourth-order valence-corrected chi connectivity index (χ4v) is 1.35. The van der Waals surface area contributed by atoms with Crippen molar-refractivity contribution in [2.24, 2.45) is 5.73 Å². The first-order chi connectivity index (χ1) is 7.41. The Morgan fingerprint density at radius 2 is 1.94 bits per heavy atom. The first-order valence-electron chi connectivity index (χ1n) is 5.06. The van der Waals surface area contributed by atoms with Crippen molar-refractivity contribution in [2.75, 3.05) is 5.32 Å². The number of nitrogens with two attached hydrogens (primary N) is 1. The quantitative estimate of drug-likeness (QED) is 0.751. The molecule has 4 heteroatoms. The number of hydrogen-bond acceptors (Lipinski definition) is 3. The number of aryl methyl sites for hydroxylation is 2. The SMILES string of the molecule is CC(=O)C(N)C(=O)Nc1ccc(C)cc1C. The summed E-state index contributed by atoms with van der Waals surface area (Å²) in [7, 11) is 0. The first kappa shape index (κ1) is 12.4. The molecule has 1 unspecified atom stereocenters. The lowest BCUT2D eigenvalue weighted by molar-refractivity contribution is -0.126. The number of rotatable bonds is 3. The molecule has 1 rings (SSSR count). The van der Waals surface area contributed by atoms with E-state index in [9.17, 15) is 9.59 Å². The minimum Gasteiger partial charge on any atom is -0.324 e. The van der Waals surface area contributed by atoms with Crippen LogP contribution in [0.4, 0.5) is 5.69 Å². The maximum absolute atomic E-state index is 11.5. The molecule has 16 heavy (non-hydrogen) atoms. The zero-order valence-corrected chi connectivity index (χ0v) is 9.70. The Morgan fingerprint density at radius 3 is 2.44 bits per heavy atom. The Morgan fingerprint density at radius 1 is 1.31 bits per heavy atom. The first-order valence-corrected chi connectivity index (χ1v) is 5.06. The Bertz CT molecular complexity index is 427. The summed E-state index contributed by atoms with van der Waals surface area (Å²) in [5, 5.41) is 2.63. The second kappa shape index (κ2) is 4.90. The number of carbonyl (C=O) groups is 2. The highest BCUT2D eigenvalue weighted by Crippen LogP contribution is 2.15. The molecule has 1 aromatic carbocycles. The molecule has 1 amide bonds. The lowest BCUT2D eigenvalue weighted by atomic mass is 10.1. The standard InChI is InChI=1S/C12H16N2O2/c1-7-4-5-10(8(2)6-7)14-12(16)11(13)9(3)15/h4-6,11H,13H2,1-3H3,(H,14,16). The molecule has 4 nitrogen and oxygen atoms in total. The molecule has 0 heterocycles. The van der Waals surface area contributed by atoms with Crippen LogP contribution >= 0.6 is 0 Å². The third-order valence-electron chi connectivity index (χ3n) is 2.36. The van der Waals surface area contributed by atoms with Crippen LogP contribution in [0.15, 0.2) is 18.2 Å². The van der Waals surface area contributed by atoms with Gasteiger partial charge < -0.3 is 11.1 Å². The molecule has 0 aliphatic heterocycles. The molecule has 0 radical (unpaired) electrons. The zero-order valence-electron chi connectivity index (χ0n) is 9.70. The van der Waals surface area contributed by atoms with Crippen LogP contribution in [0.25, 0.3) is 0 Å². The van der Waals surface area contributed by atoms with Gasteiger partial charge in [0.1, 0.15) is 6.04 Å². The van der Waals surface area contributed by atoms with E-state index in [2.05, 4.69) is 5.32 Å². The highest BCUT2D eigenvalue weighted by atomic mass is 16.2. The van der Waals surface area contributed by atoms with Crippen LogP contribution in [0.1, 0.15) is 18.1 Å². The largest absolute Gasteiger partial charge is 0.324 e. The van der Waals surface area contributed by atoms with Gasteiger partial charge in [-0.1, -0.05) is 17.7 Å². The number of ketones is 1. The van der Waals surface area contributed by atoms with Gasteiger partial charge in [-0.15, -0.1) is 0 Å². The molecule has 1 aromatic rings. The normalized spacial score (nSPS) is 12.0. The van der Waals surface area contributed by atoms with Gasteiger partial charge in [-0.25, -0.2) is 0 Å². The molecule has 0 aliphatic rings. The number of nitrogens with one attached hydrogen (secondary N) is 1. The van der Waals surface area contributed by atoms with Gasteiger partial charge in [-0.2, -0.15) is 0 Å². The molecule has 1 atom stereocenters. The second-order valence-electron chi connectivity index (χ2n) is 3.90. The number of Topliss-reactive ketones (excluding diaryl/α,β-unsaturated/α-hetero) is 1. The molecule has 0 spiro atoms. The summed E-state index contributed by atoms with van der Waals surface area (Å²) in [6.45, 7) is 5.16. The van der Waals surface area contributed by atoms with Gasteiger partial charge in [0.2, 0.25) is 5.91 Å². The average molecular weight is 220 g/mol. The number of benzene rings is 1. The summed E-state index contributed by atoms with van der Waals surface area (Å²) < 4.78 is 0. The van der Waals surface area contributed by atoms with E-state index in [1.165, 1.54) is 6.92 Å². The van der Waals surface area contributed by atoms with E-state index in [0.29, 0.717) is 5.69 Å². The van der Waals surface area contributed by atoms with Gasteiger partial charge in [-0.05, 0) is 32.4 Å². The summed E-state index contributed by atoms with van der Waals surface area (Å²) >= 11 is 0. The lowest BCUT2D eigenvalue weighted by Crippen LogP contribution is -2.41. The molecule has 0 aromatic heterocycles. The van der Waals surface area contributed by atoms with Crippen LogP contribution in [-0.4, -0.2) is 17.7 Å². The predicted molar refractivity (Wildman–Crippen MR) is 63.2 cm³/mol. The van der Waals surface area contributed by atoms with E-state index in [0.717, 1.165) is 11.1 Å². The molecule has 0 fully saturated rings. The van der Waals surface area contributed by atoms with Gasteiger partial charge in [0.05, 0.1) is 0 Å². The maximum Gasteiger partial charge on any atom is 0.248 e. The molecule has 86 valence electrons. The third kappa shape index (κ3) is 2.90. The van der Waals surface area contributed by atoms with E-state index in [-0.39, 0.29) is 5.78 Å². The number of hydrogen-bond donors (Lipinski definition) is 2. The van der Waals surface area contributed by atoms with E-state index >= 15 is 0 Å². The molecule has 0 bridgehead atoms. The van der Waals surface area contributed by atoms with E-state index in [1.54, 1.807) is 6.07 Å². The fourth-order valence-electron chi connectivity index (χ4n) is 1.35. The van der Waals surface area contributed by atoms with E-state index < -0.39 is 11.9 Å². The van der Waals surface area contributed by atoms with Gasteiger partial charge in [0.25, 0.3) is 0 Å². The molecule has 0 aliphatic carbocycles. The van der Waals surface area contributed by atoms with Crippen molar-refractivity contribution < 1.29 is 9.59 Å². The van der Waals surface area contributed by atoms with Crippen LogP contribution in [0.5, 0.6) is 0 Å². The van der Waals surface area contributed by atoms with Gasteiger partial charge >= 0.3 is 0 Å². The van der Waals surface area contributed by atoms with E-state index in [4.69, 9.17) is 5.73 Å². The van der Waals surface area contributed by atoms with Crippen molar-refractivity contribution in [1.29, 1.82) is 0 Å². The van der Waals surface area contributed by atoms with Crippen LogP contribution in [-0.2, 0) is 9.59 Å². The summed E-state index contributed by atoms with van der Waals surface area (Å²) in [6, 6.07) is 4.55. The van der Waals surface area contributed by atoms with Crippen LogP contribution in [0, 0.1) is 13.8 Å². The minimum absolute atomic E-state index is 0.345. The van der Waals surface area contributed by atoms with Crippen molar-refractivity contribution in [1.82, 2.24) is 0 Å². The Labute approximate surface area is 94.8 Å². The number of anilines is 1. The smallest absolute Gasteiger partial charge is 0.248 e. The summed E-state index contributed by atoms with van der Waals surface area (Å²) in [5.41, 5.74) is 8.18. The summed E-state index contributed by atoms with van der Waals surface area (Å²) in [5.74, 6) is -0.818. The molecule has 3 N–H and O–H groups in total. The molecular weight excluding hydrogens is 204 g/mol. The van der Waals surface area contributed by atoms with Crippen molar-refractivity contribution >= 4 is 17.4 Å². The van der Waals surface area contributed by atoms with Gasteiger partial charge in [0.15, 0.2) is 5.78 Å². The van der Waals surface area contributed by atoms with Crippen LogP contribution in [0.2, 0.25) is 0 Å². The van der Waals surface area contributed by atoms with Crippen molar-refractivity contribution in [3.05, 3.63) is 29.3 Å². The minimum atomic E-state index is -1.10. The topological polar surface area (TPSA) is 72.2 Å². The lowest BCUT2D eigenvalue weighted by Gasteiger charge is -2.11. The molecule has 0 saturated heterocycles. The number of carbonyl (C=O) groups excluding carboxylic acids is 2. The second-order valence-corrected chi connectivity index (χ2v) is 3.90. The van der Waals surface area contributed by atoms with Crippen LogP contribution in [0.3, 0.4) is 0 Å². The maximum atomic E-state index is 11.5. The zero-order chi connectivity index (χ0) is 12.3. The Kier molecular flexibility index (Phi) is 3.79. The predicted octanol–water partition coefficient (Wildman–Crippen LogP) is 1.16. The summed E-state index contributed by atoms with van der Waals surface area (Å²) in [6.07, 6.45) is 0. The third-order valence-corrected chi connectivity index (χ3v) is 2.36. The van der Waals surface area contributed by atoms with E-state index in [1.807, 2.05) is 26.0 Å². The van der Waals surface area contributed by atoms with Crippen molar-refractivity contribution in [2.45, 2.75) is 26.8 Å². The fraction of sp³-hybridized carbons (Fsp3) is 0.333. The van der Waals surface area contributed by atoms with Gasteiger partial charge in [-0.3, -0.25) is 9.59 Å².